The van der Waals surface area contributed by atoms with Gasteiger partial charge in [-0.3, -0.25) is 0 Å². The van der Waals surface area contributed by atoms with Crippen LogP contribution < -0.4 is 0 Å². The minimum atomic E-state index is -1.83. The van der Waals surface area contributed by atoms with Gasteiger partial charge < -0.3 is 10.2 Å². The van der Waals surface area contributed by atoms with E-state index in [0.717, 1.165) is 12.8 Å². The number of rotatable bonds is 7. The van der Waals surface area contributed by atoms with Crippen LogP contribution in [0, 0.1) is 23.2 Å². The largest absolute Gasteiger partial charge is 0.356 e. The van der Waals surface area contributed by atoms with Crippen molar-refractivity contribution in [2.75, 3.05) is 0 Å². The zero-order valence-corrected chi connectivity index (χ0v) is 12.7. The molecule has 2 heteroatoms. The molecule has 2 nitrogen and oxygen atoms in total. The Morgan fingerprint density at radius 3 is 2.06 bits per heavy atom. The van der Waals surface area contributed by atoms with Crippen LogP contribution in [0.2, 0.25) is 0 Å². The summed E-state index contributed by atoms with van der Waals surface area (Å²) in [6.07, 6.45) is 6.05. The lowest BCUT2D eigenvalue weighted by Gasteiger charge is -2.30. The second kappa shape index (κ2) is 7.81. The van der Waals surface area contributed by atoms with E-state index in [1.807, 2.05) is 0 Å². The van der Waals surface area contributed by atoms with Gasteiger partial charge >= 0.3 is 0 Å². The molecule has 0 aliphatic carbocycles. The third-order valence-corrected chi connectivity index (χ3v) is 4.10. The van der Waals surface area contributed by atoms with Crippen LogP contribution in [-0.2, 0) is 0 Å². The van der Waals surface area contributed by atoms with E-state index in [-0.39, 0.29) is 11.8 Å². The molecule has 0 saturated heterocycles. The van der Waals surface area contributed by atoms with Crippen molar-refractivity contribution in [2.45, 2.75) is 78.9 Å². The van der Waals surface area contributed by atoms with Gasteiger partial charge in [-0.25, -0.2) is 0 Å². The molecule has 0 bridgehead atoms. The Morgan fingerprint density at radius 1 is 1.00 bits per heavy atom. The highest BCUT2D eigenvalue weighted by atomic mass is 16.5. The molecule has 2 N–H and O–H groups in total. The fourth-order valence-electron chi connectivity index (χ4n) is 1.91. The molecule has 0 spiro atoms. The second-order valence-electron chi connectivity index (χ2n) is 5.59. The Kier molecular flexibility index (Phi) is 7.59. The topological polar surface area (TPSA) is 40.5 Å². The van der Waals surface area contributed by atoms with E-state index in [1.54, 1.807) is 6.92 Å². The monoisotopic (exact) mass is 254 g/mol. The molecule has 106 valence electrons. The van der Waals surface area contributed by atoms with Gasteiger partial charge in [0.1, 0.15) is 0 Å². The highest BCUT2D eigenvalue weighted by Gasteiger charge is 2.28. The van der Waals surface area contributed by atoms with E-state index >= 15 is 0 Å². The van der Waals surface area contributed by atoms with Crippen LogP contribution in [0.5, 0.6) is 0 Å². The fourth-order valence-corrected chi connectivity index (χ4v) is 1.91. The molecule has 0 fully saturated rings. The van der Waals surface area contributed by atoms with Crippen molar-refractivity contribution < 1.29 is 10.2 Å². The van der Waals surface area contributed by atoms with Crippen LogP contribution >= 0.6 is 0 Å². The maximum Gasteiger partial charge on any atom is 0.228 e. The molecule has 0 aromatic rings. The van der Waals surface area contributed by atoms with Crippen LogP contribution in [0.3, 0.4) is 0 Å². The number of hydrogen-bond acceptors (Lipinski definition) is 2. The summed E-state index contributed by atoms with van der Waals surface area (Å²) in [7, 11) is 0. The molecule has 0 radical (unpaired) electrons. The maximum absolute atomic E-state index is 9.56. The molecule has 0 amide bonds. The first-order chi connectivity index (χ1) is 8.31. The van der Waals surface area contributed by atoms with Crippen molar-refractivity contribution in [2.24, 2.45) is 11.3 Å². The summed E-state index contributed by atoms with van der Waals surface area (Å²) >= 11 is 0. The van der Waals surface area contributed by atoms with Gasteiger partial charge in [-0.05, 0) is 31.6 Å². The number of aliphatic hydroxyl groups is 2. The van der Waals surface area contributed by atoms with Crippen molar-refractivity contribution in [3.63, 3.8) is 0 Å². The zero-order valence-electron chi connectivity index (χ0n) is 12.7. The van der Waals surface area contributed by atoms with Gasteiger partial charge in [0.15, 0.2) is 0 Å². The molecule has 2 unspecified atom stereocenters. The van der Waals surface area contributed by atoms with Crippen LogP contribution in [0.1, 0.15) is 73.1 Å². The number of unbranched alkanes of at least 4 members (excludes halogenated alkanes) is 2. The van der Waals surface area contributed by atoms with Crippen molar-refractivity contribution in [1.29, 1.82) is 0 Å². The van der Waals surface area contributed by atoms with Gasteiger partial charge in [0.2, 0.25) is 5.79 Å². The van der Waals surface area contributed by atoms with E-state index < -0.39 is 5.79 Å². The van der Waals surface area contributed by atoms with Crippen molar-refractivity contribution in [3.05, 3.63) is 0 Å². The van der Waals surface area contributed by atoms with Crippen LogP contribution in [0.4, 0.5) is 0 Å². The summed E-state index contributed by atoms with van der Waals surface area (Å²) in [5.74, 6) is 4.39. The van der Waals surface area contributed by atoms with E-state index in [2.05, 4.69) is 39.5 Å². The predicted molar refractivity (Wildman–Crippen MR) is 76.9 cm³/mol. The zero-order chi connectivity index (χ0) is 14.2. The van der Waals surface area contributed by atoms with Crippen molar-refractivity contribution in [3.8, 4) is 11.8 Å². The number of hydrogen-bond donors (Lipinski definition) is 2. The summed E-state index contributed by atoms with van der Waals surface area (Å²) < 4.78 is 0. The summed E-state index contributed by atoms with van der Waals surface area (Å²) in [4.78, 5) is 0. The normalized spacial score (nSPS) is 16.6. The van der Waals surface area contributed by atoms with E-state index in [0.29, 0.717) is 5.92 Å². The lowest BCUT2D eigenvalue weighted by molar-refractivity contribution is -0.110. The van der Waals surface area contributed by atoms with Gasteiger partial charge in [0.05, 0.1) is 0 Å². The van der Waals surface area contributed by atoms with Gasteiger partial charge in [-0.1, -0.05) is 52.9 Å². The summed E-state index contributed by atoms with van der Waals surface area (Å²) in [5, 5.41) is 19.1. The van der Waals surface area contributed by atoms with Crippen LogP contribution in [-0.4, -0.2) is 16.0 Å². The van der Waals surface area contributed by atoms with Gasteiger partial charge in [0, 0.05) is 11.8 Å². The lowest BCUT2D eigenvalue weighted by atomic mass is 9.74. The van der Waals surface area contributed by atoms with Crippen molar-refractivity contribution >= 4 is 0 Å². The highest BCUT2D eigenvalue weighted by molar-refractivity contribution is 5.16. The Bertz CT molecular complexity index is 285. The second-order valence-corrected chi connectivity index (χ2v) is 5.59. The minimum Gasteiger partial charge on any atom is -0.356 e. The third-order valence-electron chi connectivity index (χ3n) is 4.10. The third kappa shape index (κ3) is 5.89. The summed E-state index contributed by atoms with van der Waals surface area (Å²) in [6.45, 7) is 10.4. The molecular formula is C16H30O2. The molecule has 0 rings (SSSR count). The smallest absolute Gasteiger partial charge is 0.228 e. The average Bonchev–Trinajstić information content (AvgIpc) is 2.36. The van der Waals surface area contributed by atoms with E-state index in [9.17, 15) is 10.2 Å². The quantitative estimate of drug-likeness (QED) is 0.413. The Hall–Kier alpha value is -0.520. The Balaban J connectivity index is 4.68. The van der Waals surface area contributed by atoms with Gasteiger partial charge in [-0.2, -0.15) is 0 Å². The molecule has 0 aromatic carbocycles. The summed E-state index contributed by atoms with van der Waals surface area (Å²) in [5.41, 5.74) is -0.125. The van der Waals surface area contributed by atoms with E-state index in [4.69, 9.17) is 0 Å². The summed E-state index contributed by atoms with van der Waals surface area (Å²) in [6, 6.07) is 0. The standard InChI is InChI=1S/C16H30O2/c1-6-9-10-11-14(4)15(5,7-2)12-13-16(17,18)8-3/h14,17-18H,6-11H2,1-5H3. The Labute approximate surface area is 113 Å². The maximum atomic E-state index is 9.56. The van der Waals surface area contributed by atoms with Gasteiger partial charge in [-0.15, -0.1) is 0 Å². The predicted octanol–water partition coefficient (Wildman–Crippen LogP) is 3.71. The van der Waals surface area contributed by atoms with Crippen LogP contribution in [0.15, 0.2) is 0 Å². The Morgan fingerprint density at radius 2 is 1.61 bits per heavy atom. The molecule has 0 saturated carbocycles. The molecule has 0 aromatic heterocycles. The minimum absolute atomic E-state index is 0.125. The van der Waals surface area contributed by atoms with Crippen molar-refractivity contribution in [1.82, 2.24) is 0 Å². The first-order valence-electron chi connectivity index (χ1n) is 7.30. The SMILES string of the molecule is CCCCCC(C)C(C)(C#CC(O)(O)CC)CC. The lowest BCUT2D eigenvalue weighted by Crippen LogP contribution is -2.27. The molecular weight excluding hydrogens is 224 g/mol. The average molecular weight is 254 g/mol. The molecule has 0 aliphatic rings. The first kappa shape index (κ1) is 17.5. The van der Waals surface area contributed by atoms with E-state index in [1.165, 1.54) is 19.3 Å². The molecule has 2 atom stereocenters. The van der Waals surface area contributed by atoms with Crippen LogP contribution in [0.25, 0.3) is 0 Å². The first-order valence-corrected chi connectivity index (χ1v) is 7.30. The fraction of sp³-hybridized carbons (Fsp3) is 0.875. The molecule has 0 aliphatic heterocycles. The highest BCUT2D eigenvalue weighted by Crippen LogP contribution is 2.34. The molecule has 18 heavy (non-hydrogen) atoms. The molecule has 0 heterocycles. The van der Waals surface area contributed by atoms with Gasteiger partial charge in [0.25, 0.3) is 0 Å².